The third kappa shape index (κ3) is 3.94. The fraction of sp³-hybridized carbons (Fsp3) is 0.500. The van der Waals surface area contributed by atoms with Gasteiger partial charge in [0.1, 0.15) is 0 Å². The predicted octanol–water partition coefficient (Wildman–Crippen LogP) is 3.85. The zero-order valence-electron chi connectivity index (χ0n) is 13.5. The first kappa shape index (κ1) is 15.8. The SMILES string of the molecule is CC(C)CN(CC(C)C)c1cc(CO)nc2ccccc12. The summed E-state index contributed by atoms with van der Waals surface area (Å²) in [4.78, 5) is 6.95. The van der Waals surface area contributed by atoms with Crippen LogP contribution in [0.25, 0.3) is 10.9 Å². The quantitative estimate of drug-likeness (QED) is 0.876. The molecule has 2 aromatic rings. The number of pyridine rings is 1. The molecule has 0 radical (unpaired) electrons. The Balaban J connectivity index is 2.53. The standard InChI is InChI=1S/C18H26N2O/c1-13(2)10-20(11-14(3)4)18-9-15(12-21)19-17-8-6-5-7-16(17)18/h5-9,13-14,21H,10-12H2,1-4H3. The molecule has 0 aliphatic rings. The summed E-state index contributed by atoms with van der Waals surface area (Å²) in [7, 11) is 0. The third-order valence-corrected chi connectivity index (χ3v) is 3.42. The van der Waals surface area contributed by atoms with Crippen LogP contribution in [0.15, 0.2) is 30.3 Å². The fourth-order valence-corrected chi connectivity index (χ4v) is 2.71. The van der Waals surface area contributed by atoms with Crippen LogP contribution in [0.4, 0.5) is 5.69 Å². The van der Waals surface area contributed by atoms with E-state index in [0.717, 1.165) is 29.7 Å². The van der Waals surface area contributed by atoms with Crippen LogP contribution in [-0.2, 0) is 6.61 Å². The van der Waals surface area contributed by atoms with Gasteiger partial charge in [0.05, 0.1) is 17.8 Å². The second-order valence-electron chi connectivity index (χ2n) is 6.50. The maximum atomic E-state index is 9.49. The molecule has 0 saturated carbocycles. The van der Waals surface area contributed by atoms with Crippen molar-refractivity contribution in [2.75, 3.05) is 18.0 Å². The Morgan fingerprint density at radius 2 is 1.67 bits per heavy atom. The molecule has 1 aromatic carbocycles. The maximum absolute atomic E-state index is 9.49. The Labute approximate surface area is 127 Å². The Morgan fingerprint density at radius 1 is 1.05 bits per heavy atom. The normalized spacial score (nSPS) is 11.6. The van der Waals surface area contributed by atoms with E-state index in [1.54, 1.807) is 0 Å². The number of aliphatic hydroxyl groups excluding tert-OH is 1. The zero-order chi connectivity index (χ0) is 15.4. The molecule has 0 aliphatic heterocycles. The minimum Gasteiger partial charge on any atom is -0.390 e. The van der Waals surface area contributed by atoms with Crippen molar-refractivity contribution in [2.45, 2.75) is 34.3 Å². The number of hydrogen-bond donors (Lipinski definition) is 1. The average molecular weight is 286 g/mol. The number of aromatic nitrogens is 1. The molecule has 0 aliphatic carbocycles. The summed E-state index contributed by atoms with van der Waals surface area (Å²) in [5.74, 6) is 1.18. The molecule has 2 rings (SSSR count). The minimum atomic E-state index is -0.0188. The Hall–Kier alpha value is -1.61. The van der Waals surface area contributed by atoms with Crippen molar-refractivity contribution in [2.24, 2.45) is 11.8 Å². The van der Waals surface area contributed by atoms with E-state index in [9.17, 15) is 5.11 Å². The minimum absolute atomic E-state index is 0.0188. The summed E-state index contributed by atoms with van der Waals surface area (Å²) in [6.07, 6.45) is 0. The van der Waals surface area contributed by atoms with Crippen LogP contribution < -0.4 is 4.90 Å². The second kappa shape index (κ2) is 6.90. The molecule has 0 atom stereocenters. The van der Waals surface area contributed by atoms with Gasteiger partial charge in [-0.25, -0.2) is 0 Å². The van der Waals surface area contributed by atoms with Crippen molar-refractivity contribution in [3.63, 3.8) is 0 Å². The molecule has 1 aromatic heterocycles. The highest BCUT2D eigenvalue weighted by atomic mass is 16.3. The largest absolute Gasteiger partial charge is 0.390 e. The van der Waals surface area contributed by atoms with Gasteiger partial charge in [0.25, 0.3) is 0 Å². The second-order valence-corrected chi connectivity index (χ2v) is 6.50. The Bertz CT molecular complexity index is 583. The highest BCUT2D eigenvalue weighted by molar-refractivity contribution is 5.92. The molecule has 1 heterocycles. The van der Waals surface area contributed by atoms with Crippen LogP contribution >= 0.6 is 0 Å². The van der Waals surface area contributed by atoms with Gasteiger partial charge >= 0.3 is 0 Å². The number of hydrogen-bond acceptors (Lipinski definition) is 3. The van der Waals surface area contributed by atoms with E-state index in [1.807, 2.05) is 18.2 Å². The van der Waals surface area contributed by atoms with Crippen molar-refractivity contribution < 1.29 is 5.11 Å². The lowest BCUT2D eigenvalue weighted by Crippen LogP contribution is -2.31. The number of anilines is 1. The predicted molar refractivity (Wildman–Crippen MR) is 89.6 cm³/mol. The van der Waals surface area contributed by atoms with Gasteiger partial charge in [-0.05, 0) is 24.0 Å². The summed E-state index contributed by atoms with van der Waals surface area (Å²) in [6, 6.07) is 10.2. The fourth-order valence-electron chi connectivity index (χ4n) is 2.71. The zero-order valence-corrected chi connectivity index (χ0v) is 13.5. The third-order valence-electron chi connectivity index (χ3n) is 3.42. The summed E-state index contributed by atoms with van der Waals surface area (Å²) in [5.41, 5.74) is 2.88. The van der Waals surface area contributed by atoms with Gasteiger partial charge in [0, 0.05) is 24.2 Å². The van der Waals surface area contributed by atoms with Gasteiger partial charge in [0.2, 0.25) is 0 Å². The first-order valence-corrected chi connectivity index (χ1v) is 7.75. The summed E-state index contributed by atoms with van der Waals surface area (Å²) < 4.78 is 0. The van der Waals surface area contributed by atoms with Crippen LogP contribution in [0.1, 0.15) is 33.4 Å². The van der Waals surface area contributed by atoms with Gasteiger partial charge < -0.3 is 10.0 Å². The van der Waals surface area contributed by atoms with E-state index >= 15 is 0 Å². The molecule has 114 valence electrons. The monoisotopic (exact) mass is 286 g/mol. The number of nitrogens with zero attached hydrogens (tertiary/aromatic N) is 2. The molecule has 1 N–H and O–H groups in total. The molecular weight excluding hydrogens is 260 g/mol. The van der Waals surface area contributed by atoms with E-state index in [0.29, 0.717) is 11.8 Å². The first-order chi connectivity index (χ1) is 10.0. The lowest BCUT2D eigenvalue weighted by atomic mass is 10.1. The molecule has 3 nitrogen and oxygen atoms in total. The lowest BCUT2D eigenvalue weighted by Gasteiger charge is -2.30. The average Bonchev–Trinajstić information content (AvgIpc) is 2.44. The number of para-hydroxylation sites is 1. The molecule has 0 unspecified atom stereocenters. The maximum Gasteiger partial charge on any atom is 0.0854 e. The summed E-state index contributed by atoms with van der Waals surface area (Å²) in [6.45, 7) is 11.0. The Kier molecular flexibility index (Phi) is 5.18. The van der Waals surface area contributed by atoms with Gasteiger partial charge in [-0.15, -0.1) is 0 Å². The van der Waals surface area contributed by atoms with E-state index < -0.39 is 0 Å². The molecule has 21 heavy (non-hydrogen) atoms. The van der Waals surface area contributed by atoms with Crippen molar-refractivity contribution in [3.8, 4) is 0 Å². The van der Waals surface area contributed by atoms with Crippen molar-refractivity contribution in [1.29, 1.82) is 0 Å². The number of aliphatic hydroxyl groups is 1. The van der Waals surface area contributed by atoms with Gasteiger partial charge in [-0.3, -0.25) is 4.98 Å². The smallest absolute Gasteiger partial charge is 0.0854 e. The van der Waals surface area contributed by atoms with Crippen molar-refractivity contribution in [3.05, 3.63) is 36.0 Å². The van der Waals surface area contributed by atoms with E-state index in [1.165, 1.54) is 5.69 Å². The highest BCUT2D eigenvalue weighted by Gasteiger charge is 2.15. The molecule has 0 saturated heterocycles. The number of benzene rings is 1. The molecular formula is C18H26N2O. The summed E-state index contributed by atoms with van der Waals surface area (Å²) in [5, 5.41) is 10.6. The van der Waals surface area contributed by atoms with Gasteiger partial charge in [-0.2, -0.15) is 0 Å². The molecule has 3 heteroatoms. The van der Waals surface area contributed by atoms with Gasteiger partial charge in [0.15, 0.2) is 0 Å². The van der Waals surface area contributed by atoms with Gasteiger partial charge in [-0.1, -0.05) is 45.9 Å². The Morgan fingerprint density at radius 3 is 2.24 bits per heavy atom. The van der Waals surface area contributed by atoms with Crippen LogP contribution in [0, 0.1) is 11.8 Å². The van der Waals surface area contributed by atoms with Crippen molar-refractivity contribution in [1.82, 2.24) is 4.98 Å². The number of fused-ring (bicyclic) bond motifs is 1. The molecule has 0 bridgehead atoms. The van der Waals surface area contributed by atoms with Crippen LogP contribution in [0.5, 0.6) is 0 Å². The summed E-state index contributed by atoms with van der Waals surface area (Å²) >= 11 is 0. The van der Waals surface area contributed by atoms with E-state index in [2.05, 4.69) is 49.7 Å². The van der Waals surface area contributed by atoms with Crippen LogP contribution in [0.3, 0.4) is 0 Å². The topological polar surface area (TPSA) is 36.4 Å². The van der Waals surface area contributed by atoms with E-state index in [4.69, 9.17) is 0 Å². The molecule has 0 amide bonds. The first-order valence-electron chi connectivity index (χ1n) is 7.75. The lowest BCUT2D eigenvalue weighted by molar-refractivity contribution is 0.277. The van der Waals surface area contributed by atoms with Crippen molar-refractivity contribution >= 4 is 16.6 Å². The number of rotatable bonds is 6. The van der Waals surface area contributed by atoms with Crippen LogP contribution in [-0.4, -0.2) is 23.2 Å². The molecule has 0 spiro atoms. The molecule has 0 fully saturated rings. The van der Waals surface area contributed by atoms with E-state index in [-0.39, 0.29) is 6.61 Å². The highest BCUT2D eigenvalue weighted by Crippen LogP contribution is 2.28. The van der Waals surface area contributed by atoms with Crippen LogP contribution in [0.2, 0.25) is 0 Å².